The summed E-state index contributed by atoms with van der Waals surface area (Å²) in [6.45, 7) is 1.00. The van der Waals surface area contributed by atoms with Gasteiger partial charge in [0.15, 0.2) is 0 Å². The number of sulfonamides is 1. The molecule has 0 amide bonds. The molecular formula is C27H20ClF3N2O4S. The highest BCUT2D eigenvalue weighted by Crippen LogP contribution is 2.37. The van der Waals surface area contributed by atoms with Crippen LogP contribution in [0, 0.1) is 17.5 Å². The molecule has 0 spiro atoms. The van der Waals surface area contributed by atoms with Crippen molar-refractivity contribution in [2.45, 2.75) is 24.5 Å². The highest BCUT2D eigenvalue weighted by molar-refractivity contribution is 7.92. The Morgan fingerprint density at radius 1 is 1.00 bits per heavy atom. The van der Waals surface area contributed by atoms with E-state index in [-0.39, 0.29) is 26.6 Å². The quantitative estimate of drug-likeness (QED) is 0.231. The molecule has 0 aliphatic carbocycles. The summed E-state index contributed by atoms with van der Waals surface area (Å²) >= 11 is 5.90. The van der Waals surface area contributed by atoms with Gasteiger partial charge in [0.25, 0.3) is 10.0 Å². The second-order valence-corrected chi connectivity index (χ2v) is 10.4. The third-order valence-electron chi connectivity index (χ3n) is 5.68. The molecule has 0 fully saturated rings. The number of carbonyl (C=O) groups is 1. The van der Waals surface area contributed by atoms with Crippen molar-refractivity contribution in [3.05, 3.63) is 124 Å². The van der Waals surface area contributed by atoms with Crippen LogP contribution in [0.3, 0.4) is 0 Å². The Kier molecular flexibility index (Phi) is 8.03. The van der Waals surface area contributed by atoms with Crippen LogP contribution in [0.2, 0.25) is 5.02 Å². The molecule has 0 aliphatic heterocycles. The first-order valence-electron chi connectivity index (χ1n) is 11.2. The predicted octanol–water partition coefficient (Wildman–Crippen LogP) is 6.47. The number of pyridine rings is 1. The van der Waals surface area contributed by atoms with Gasteiger partial charge in [-0.25, -0.2) is 26.4 Å². The molecule has 0 radical (unpaired) electrons. The molecule has 0 saturated heterocycles. The van der Waals surface area contributed by atoms with Crippen LogP contribution in [0.1, 0.15) is 34.5 Å². The number of halogens is 4. The first-order valence-corrected chi connectivity index (χ1v) is 13.0. The first-order chi connectivity index (χ1) is 18.1. The van der Waals surface area contributed by atoms with E-state index in [1.807, 2.05) is 0 Å². The molecule has 1 aromatic heterocycles. The van der Waals surface area contributed by atoms with Crippen molar-refractivity contribution in [1.82, 2.24) is 4.98 Å². The molecule has 0 bridgehead atoms. The number of aromatic nitrogens is 1. The summed E-state index contributed by atoms with van der Waals surface area (Å²) in [6, 6.07) is 12.9. The van der Waals surface area contributed by atoms with Gasteiger partial charge in [-0.2, -0.15) is 0 Å². The molecule has 196 valence electrons. The van der Waals surface area contributed by atoms with E-state index in [4.69, 9.17) is 16.3 Å². The zero-order chi connectivity index (χ0) is 27.4. The molecule has 1 atom stereocenters. The number of rotatable bonds is 8. The molecule has 0 saturated carbocycles. The Bertz CT molecular complexity index is 1570. The van der Waals surface area contributed by atoms with E-state index in [0.717, 1.165) is 30.3 Å². The molecule has 0 unspecified atom stereocenters. The lowest BCUT2D eigenvalue weighted by molar-refractivity contribution is 0.0470. The Morgan fingerprint density at radius 2 is 1.68 bits per heavy atom. The van der Waals surface area contributed by atoms with E-state index < -0.39 is 51.8 Å². The van der Waals surface area contributed by atoms with Crippen LogP contribution in [0.25, 0.3) is 0 Å². The minimum Gasteiger partial charge on any atom is -0.457 e. The highest BCUT2D eigenvalue weighted by atomic mass is 35.5. The predicted molar refractivity (Wildman–Crippen MR) is 136 cm³/mol. The first kappa shape index (κ1) is 27.2. The van der Waals surface area contributed by atoms with Gasteiger partial charge in [0.1, 0.15) is 24.1 Å². The fraction of sp³-hybridized carbons (Fsp3) is 0.111. The van der Waals surface area contributed by atoms with Gasteiger partial charge in [0.2, 0.25) is 0 Å². The maximum absolute atomic E-state index is 15.0. The van der Waals surface area contributed by atoms with Crippen LogP contribution in [-0.4, -0.2) is 19.4 Å². The van der Waals surface area contributed by atoms with E-state index >= 15 is 0 Å². The summed E-state index contributed by atoms with van der Waals surface area (Å²) in [5.74, 6) is -3.27. The van der Waals surface area contributed by atoms with Gasteiger partial charge in [-0.05, 0) is 78.7 Å². The fourth-order valence-electron chi connectivity index (χ4n) is 3.86. The molecule has 6 nitrogen and oxygen atoms in total. The van der Waals surface area contributed by atoms with Gasteiger partial charge >= 0.3 is 5.97 Å². The summed E-state index contributed by atoms with van der Waals surface area (Å²) in [4.78, 5) is 16.0. The summed E-state index contributed by atoms with van der Waals surface area (Å²) < 4.78 is 77.0. The summed E-state index contributed by atoms with van der Waals surface area (Å²) in [5, 5.41) is 0.275. The number of esters is 1. The zero-order valence-electron chi connectivity index (χ0n) is 19.8. The van der Waals surface area contributed by atoms with Crippen molar-refractivity contribution in [1.29, 1.82) is 0 Å². The average molecular weight is 561 g/mol. The fourth-order valence-corrected chi connectivity index (χ4v) is 5.63. The molecule has 4 rings (SSSR count). The maximum Gasteiger partial charge on any atom is 0.340 e. The largest absolute Gasteiger partial charge is 0.457 e. The monoisotopic (exact) mass is 560 g/mol. The van der Waals surface area contributed by atoms with Crippen LogP contribution < -0.4 is 4.31 Å². The number of nitrogens with zero attached hydrogens (tertiary/aromatic N) is 2. The molecular weight excluding hydrogens is 541 g/mol. The van der Waals surface area contributed by atoms with E-state index in [2.05, 4.69) is 4.98 Å². The van der Waals surface area contributed by atoms with Crippen molar-refractivity contribution in [3.63, 3.8) is 0 Å². The van der Waals surface area contributed by atoms with E-state index in [1.54, 1.807) is 6.07 Å². The van der Waals surface area contributed by atoms with Crippen molar-refractivity contribution in [3.8, 4) is 0 Å². The number of hydrogen-bond donors (Lipinski definition) is 0. The second kappa shape index (κ2) is 11.2. The van der Waals surface area contributed by atoms with Crippen LogP contribution >= 0.6 is 11.6 Å². The third kappa shape index (κ3) is 5.81. The average Bonchev–Trinajstić information content (AvgIpc) is 2.90. The van der Waals surface area contributed by atoms with Crippen molar-refractivity contribution < 1.29 is 31.1 Å². The third-order valence-corrected chi connectivity index (χ3v) is 7.83. The van der Waals surface area contributed by atoms with Crippen LogP contribution in [-0.2, 0) is 21.4 Å². The van der Waals surface area contributed by atoms with E-state index in [1.165, 1.54) is 55.7 Å². The van der Waals surface area contributed by atoms with Gasteiger partial charge in [0.05, 0.1) is 22.2 Å². The van der Waals surface area contributed by atoms with E-state index in [0.29, 0.717) is 4.31 Å². The zero-order valence-corrected chi connectivity index (χ0v) is 21.4. The van der Waals surface area contributed by atoms with Crippen LogP contribution in [0.5, 0.6) is 0 Å². The Hall–Kier alpha value is -3.89. The second-order valence-electron chi connectivity index (χ2n) is 8.19. The van der Waals surface area contributed by atoms with Crippen LogP contribution in [0.4, 0.5) is 18.9 Å². The van der Waals surface area contributed by atoms with Gasteiger partial charge in [0, 0.05) is 23.5 Å². The molecule has 11 heteroatoms. The van der Waals surface area contributed by atoms with Gasteiger partial charge in [-0.3, -0.25) is 9.29 Å². The Labute approximate surface area is 222 Å². The van der Waals surface area contributed by atoms with Gasteiger partial charge in [-0.1, -0.05) is 17.7 Å². The summed E-state index contributed by atoms with van der Waals surface area (Å²) in [5.41, 5.74) is -0.0724. The molecule has 1 heterocycles. The normalized spacial score (nSPS) is 12.1. The topological polar surface area (TPSA) is 76.6 Å². The van der Waals surface area contributed by atoms with Gasteiger partial charge < -0.3 is 4.74 Å². The van der Waals surface area contributed by atoms with Gasteiger partial charge in [-0.15, -0.1) is 0 Å². The number of carbonyl (C=O) groups excluding carboxylic acids is 1. The molecule has 38 heavy (non-hydrogen) atoms. The molecule has 0 N–H and O–H groups in total. The summed E-state index contributed by atoms with van der Waals surface area (Å²) in [6.07, 6.45) is 2.77. The molecule has 3 aromatic carbocycles. The SMILES string of the molecule is C[C@H](c1ccc(F)cc1COC(=O)c1cccnc1)N(c1cc(F)ccc1F)S(=O)(=O)c1ccc(Cl)cc1. The van der Waals surface area contributed by atoms with Crippen LogP contribution in [0.15, 0.2) is 90.1 Å². The summed E-state index contributed by atoms with van der Waals surface area (Å²) in [7, 11) is -4.50. The van der Waals surface area contributed by atoms with Crippen molar-refractivity contribution in [2.75, 3.05) is 4.31 Å². The van der Waals surface area contributed by atoms with Crippen molar-refractivity contribution in [2.24, 2.45) is 0 Å². The number of ether oxygens (including phenoxy) is 1. The smallest absolute Gasteiger partial charge is 0.340 e. The standard InChI is InChI=1S/C27H20ClF3N2O4S/c1-17(24-10-6-21(29)13-19(24)16-37-27(34)18-3-2-12-32-15-18)33(26-14-22(30)7-11-25(26)31)38(35,36)23-8-4-20(28)5-9-23/h2-15,17H,16H2,1H3/t17-/m1/s1. The number of anilines is 1. The van der Waals surface area contributed by atoms with E-state index in [9.17, 15) is 26.4 Å². The Balaban J connectivity index is 1.79. The lowest BCUT2D eigenvalue weighted by atomic mass is 10.0. The molecule has 0 aliphatic rings. The Morgan fingerprint density at radius 3 is 2.37 bits per heavy atom. The minimum atomic E-state index is -4.50. The number of hydrogen-bond acceptors (Lipinski definition) is 5. The lowest BCUT2D eigenvalue weighted by Crippen LogP contribution is -2.35. The van der Waals surface area contributed by atoms with Crippen molar-refractivity contribution >= 4 is 33.3 Å². The lowest BCUT2D eigenvalue weighted by Gasteiger charge is -2.32. The molecule has 4 aromatic rings. The number of benzene rings is 3. The highest BCUT2D eigenvalue weighted by Gasteiger charge is 2.34. The minimum absolute atomic E-state index is 0.128. The maximum atomic E-state index is 15.0.